The summed E-state index contributed by atoms with van der Waals surface area (Å²) in [6.07, 6.45) is 0. The van der Waals surface area contributed by atoms with E-state index < -0.39 is 0 Å². The van der Waals surface area contributed by atoms with Crippen LogP contribution in [-0.2, 0) is 6.54 Å². The molecule has 0 saturated carbocycles. The number of benzene rings is 3. The Kier molecular flexibility index (Phi) is 8.39. The standard InChI is InChI=1S/C35H36N4O4/c1-21(2)30(31-37-24(5)23(4)33(41)39(31)20-25-11-7-6-8-12-25)29-19-22(3)15-16-26(29)32(40)36-17-18-38-34(42)27-13-9-10-14-28(27)35(38)43/h6-16,19,21,30H,17-18,20H2,1-5H3,(H,36,40)/t30-/m1/s1. The highest BCUT2D eigenvalue weighted by Gasteiger charge is 2.35. The number of hydrogen-bond acceptors (Lipinski definition) is 5. The summed E-state index contributed by atoms with van der Waals surface area (Å²) in [5.74, 6) is -0.781. The van der Waals surface area contributed by atoms with E-state index in [0.29, 0.717) is 40.3 Å². The molecule has 1 atom stereocenters. The molecule has 1 aliphatic heterocycles. The minimum atomic E-state index is -0.358. The number of aromatic nitrogens is 2. The summed E-state index contributed by atoms with van der Waals surface area (Å²) in [6.45, 7) is 10.2. The van der Waals surface area contributed by atoms with Crippen LogP contribution in [0.2, 0.25) is 0 Å². The van der Waals surface area contributed by atoms with E-state index in [1.165, 1.54) is 4.90 Å². The highest BCUT2D eigenvalue weighted by Crippen LogP contribution is 2.34. The van der Waals surface area contributed by atoms with Crippen LogP contribution in [0.1, 0.15) is 84.6 Å². The Morgan fingerprint density at radius 3 is 2.12 bits per heavy atom. The molecule has 220 valence electrons. The van der Waals surface area contributed by atoms with Gasteiger partial charge in [-0.3, -0.25) is 28.6 Å². The van der Waals surface area contributed by atoms with E-state index in [0.717, 1.165) is 16.7 Å². The van der Waals surface area contributed by atoms with Crippen LogP contribution in [-0.4, -0.2) is 45.3 Å². The van der Waals surface area contributed by atoms with Crippen LogP contribution in [0, 0.1) is 26.7 Å². The van der Waals surface area contributed by atoms with Crippen molar-refractivity contribution in [3.8, 4) is 0 Å². The highest BCUT2D eigenvalue weighted by atomic mass is 16.2. The van der Waals surface area contributed by atoms with Gasteiger partial charge in [0, 0.05) is 35.8 Å². The Morgan fingerprint density at radius 1 is 0.860 bits per heavy atom. The van der Waals surface area contributed by atoms with Gasteiger partial charge in [-0.05, 0) is 56.0 Å². The number of carbonyl (C=O) groups excluding carboxylic acids is 3. The van der Waals surface area contributed by atoms with Gasteiger partial charge in [-0.25, -0.2) is 4.98 Å². The summed E-state index contributed by atoms with van der Waals surface area (Å²) in [6, 6.07) is 22.2. The Hall–Kier alpha value is -4.85. The van der Waals surface area contributed by atoms with Crippen LogP contribution in [0.15, 0.2) is 77.6 Å². The Bertz CT molecular complexity index is 1740. The molecule has 0 radical (unpaired) electrons. The van der Waals surface area contributed by atoms with E-state index in [1.807, 2.05) is 56.3 Å². The van der Waals surface area contributed by atoms with Gasteiger partial charge in [0.15, 0.2) is 0 Å². The second-order valence-electron chi connectivity index (χ2n) is 11.4. The first kappa shape index (κ1) is 29.6. The number of nitrogens with zero attached hydrogens (tertiary/aromatic N) is 3. The van der Waals surface area contributed by atoms with Crippen molar-refractivity contribution in [1.82, 2.24) is 19.8 Å². The molecule has 5 rings (SSSR count). The molecule has 0 spiro atoms. The Balaban J connectivity index is 1.47. The topological polar surface area (TPSA) is 101 Å². The number of aryl methyl sites for hydroxylation is 2. The van der Waals surface area contributed by atoms with Gasteiger partial charge in [0.05, 0.1) is 17.7 Å². The summed E-state index contributed by atoms with van der Waals surface area (Å²) in [4.78, 5) is 59.0. The monoisotopic (exact) mass is 576 g/mol. The zero-order valence-corrected chi connectivity index (χ0v) is 25.2. The lowest BCUT2D eigenvalue weighted by Gasteiger charge is -2.27. The second-order valence-corrected chi connectivity index (χ2v) is 11.4. The van der Waals surface area contributed by atoms with E-state index >= 15 is 0 Å². The van der Waals surface area contributed by atoms with Crippen LogP contribution >= 0.6 is 0 Å². The number of nitrogens with one attached hydrogen (secondary N) is 1. The van der Waals surface area contributed by atoms with Gasteiger partial charge in [0.1, 0.15) is 5.82 Å². The number of imide groups is 1. The summed E-state index contributed by atoms with van der Waals surface area (Å²) in [7, 11) is 0. The van der Waals surface area contributed by atoms with Crippen molar-refractivity contribution in [2.24, 2.45) is 5.92 Å². The third-order valence-corrected chi connectivity index (χ3v) is 8.08. The molecule has 0 saturated heterocycles. The summed E-state index contributed by atoms with van der Waals surface area (Å²) in [5, 5.41) is 2.91. The van der Waals surface area contributed by atoms with E-state index in [9.17, 15) is 19.2 Å². The maximum atomic E-state index is 13.7. The van der Waals surface area contributed by atoms with E-state index in [1.54, 1.807) is 41.8 Å². The predicted octanol–water partition coefficient (Wildman–Crippen LogP) is 5.03. The number of hydrogen-bond donors (Lipinski definition) is 1. The van der Waals surface area contributed by atoms with Crippen molar-refractivity contribution in [1.29, 1.82) is 0 Å². The van der Waals surface area contributed by atoms with Gasteiger partial charge >= 0.3 is 0 Å². The number of carbonyl (C=O) groups is 3. The molecular formula is C35H36N4O4. The average molecular weight is 577 g/mol. The SMILES string of the molecule is Cc1ccc(C(=O)NCCN2C(=O)c3ccccc3C2=O)c([C@H](c2nc(C)c(C)c(=O)n2Cc2ccccc2)C(C)C)c1. The van der Waals surface area contributed by atoms with Crippen molar-refractivity contribution in [2.75, 3.05) is 13.1 Å². The lowest BCUT2D eigenvalue weighted by molar-refractivity contribution is 0.0649. The fourth-order valence-corrected chi connectivity index (χ4v) is 5.69. The molecule has 3 amide bonds. The summed E-state index contributed by atoms with van der Waals surface area (Å²) >= 11 is 0. The average Bonchev–Trinajstić information content (AvgIpc) is 3.23. The van der Waals surface area contributed by atoms with Gasteiger partial charge in [-0.1, -0.05) is 74.0 Å². The normalized spacial score (nSPS) is 13.4. The number of fused-ring (bicyclic) bond motifs is 1. The largest absolute Gasteiger partial charge is 0.350 e. The van der Waals surface area contributed by atoms with E-state index in [-0.39, 0.29) is 48.2 Å². The Morgan fingerprint density at radius 2 is 1.49 bits per heavy atom. The van der Waals surface area contributed by atoms with Gasteiger partial charge in [-0.2, -0.15) is 0 Å². The van der Waals surface area contributed by atoms with Crippen molar-refractivity contribution >= 4 is 17.7 Å². The molecule has 1 N–H and O–H groups in total. The lowest BCUT2D eigenvalue weighted by Crippen LogP contribution is -2.38. The van der Waals surface area contributed by atoms with Gasteiger partial charge < -0.3 is 5.32 Å². The molecule has 3 aromatic carbocycles. The lowest BCUT2D eigenvalue weighted by atomic mass is 9.83. The van der Waals surface area contributed by atoms with Crippen LogP contribution in [0.3, 0.4) is 0 Å². The fourth-order valence-electron chi connectivity index (χ4n) is 5.69. The van der Waals surface area contributed by atoms with Crippen LogP contribution < -0.4 is 10.9 Å². The van der Waals surface area contributed by atoms with Crippen LogP contribution in [0.25, 0.3) is 0 Å². The first-order chi connectivity index (χ1) is 20.6. The molecule has 43 heavy (non-hydrogen) atoms. The number of amides is 3. The predicted molar refractivity (Wildman–Crippen MR) is 166 cm³/mol. The van der Waals surface area contributed by atoms with Crippen molar-refractivity contribution < 1.29 is 14.4 Å². The third kappa shape index (κ3) is 5.78. The zero-order chi connectivity index (χ0) is 30.8. The van der Waals surface area contributed by atoms with Gasteiger partial charge in [0.25, 0.3) is 23.3 Å². The maximum Gasteiger partial charge on any atom is 0.261 e. The van der Waals surface area contributed by atoms with Crippen molar-refractivity contribution in [3.63, 3.8) is 0 Å². The van der Waals surface area contributed by atoms with E-state index in [2.05, 4.69) is 19.2 Å². The minimum absolute atomic E-state index is 0.00252. The summed E-state index contributed by atoms with van der Waals surface area (Å²) in [5.41, 5.74) is 5.10. The molecule has 8 heteroatoms. The second kappa shape index (κ2) is 12.2. The minimum Gasteiger partial charge on any atom is -0.350 e. The number of rotatable bonds is 9. The first-order valence-corrected chi connectivity index (χ1v) is 14.5. The molecule has 0 fully saturated rings. The van der Waals surface area contributed by atoms with Crippen LogP contribution in [0.5, 0.6) is 0 Å². The van der Waals surface area contributed by atoms with Crippen molar-refractivity contribution in [2.45, 2.75) is 47.1 Å². The third-order valence-electron chi connectivity index (χ3n) is 8.08. The molecule has 1 aliphatic rings. The first-order valence-electron chi connectivity index (χ1n) is 14.5. The van der Waals surface area contributed by atoms with Gasteiger partial charge in [0.2, 0.25) is 0 Å². The molecule has 8 nitrogen and oxygen atoms in total. The fraction of sp³-hybridized carbons (Fsp3) is 0.286. The van der Waals surface area contributed by atoms with E-state index in [4.69, 9.17) is 4.98 Å². The van der Waals surface area contributed by atoms with Crippen LogP contribution in [0.4, 0.5) is 0 Å². The molecule has 0 aliphatic carbocycles. The highest BCUT2D eigenvalue weighted by molar-refractivity contribution is 6.21. The molecule has 0 bridgehead atoms. The van der Waals surface area contributed by atoms with Crippen molar-refractivity contribution in [3.05, 3.63) is 134 Å². The van der Waals surface area contributed by atoms with Gasteiger partial charge in [-0.15, -0.1) is 0 Å². The molecule has 1 aromatic heterocycles. The zero-order valence-electron chi connectivity index (χ0n) is 25.2. The molecule has 0 unspecified atom stereocenters. The molecule has 2 heterocycles. The maximum absolute atomic E-state index is 13.7. The smallest absolute Gasteiger partial charge is 0.261 e. The quantitative estimate of drug-likeness (QED) is 0.282. The Labute approximate surface area is 251 Å². The molecular weight excluding hydrogens is 540 g/mol. The summed E-state index contributed by atoms with van der Waals surface area (Å²) < 4.78 is 1.73. The molecule has 4 aromatic rings.